The Labute approximate surface area is 188 Å². The van der Waals surface area contributed by atoms with Gasteiger partial charge in [0.25, 0.3) is 0 Å². The molecule has 0 saturated carbocycles. The predicted molar refractivity (Wildman–Crippen MR) is 131 cm³/mol. The molecule has 0 fully saturated rings. The minimum Gasteiger partial charge on any atom is -0.247 e. The minimum atomic E-state index is -0.507. The number of para-hydroxylation sites is 2. The van der Waals surface area contributed by atoms with E-state index in [2.05, 4.69) is 93.6 Å². The van der Waals surface area contributed by atoms with Crippen LogP contribution in [0.15, 0.2) is 91.0 Å². The van der Waals surface area contributed by atoms with Gasteiger partial charge in [-0.25, -0.2) is 9.97 Å². The van der Waals surface area contributed by atoms with Crippen molar-refractivity contribution in [1.29, 1.82) is 0 Å². The number of aryl methyl sites for hydroxylation is 3. The molecule has 32 heavy (non-hydrogen) atoms. The average molecular weight is 413 g/mol. The van der Waals surface area contributed by atoms with Crippen molar-refractivity contribution in [3.63, 3.8) is 0 Å². The standard InChI is InChI=1S/C30H24N2/c1-19-9-8-10-22(17-19)30(23-16-15-20(2)21(3)18-23)25-12-5-4-11-24(25)28-29(30)32-27-14-7-6-13-26(27)31-28/h4-18H,1-3H3. The smallest absolute Gasteiger partial charge is 0.0944 e. The fourth-order valence-electron chi connectivity index (χ4n) is 5.20. The van der Waals surface area contributed by atoms with Gasteiger partial charge in [-0.15, -0.1) is 0 Å². The number of aromatic nitrogens is 2. The monoisotopic (exact) mass is 412 g/mol. The summed E-state index contributed by atoms with van der Waals surface area (Å²) in [6, 6.07) is 32.6. The molecule has 0 saturated heterocycles. The molecule has 6 rings (SSSR count). The highest BCUT2D eigenvalue weighted by Crippen LogP contribution is 2.55. The molecule has 0 spiro atoms. The van der Waals surface area contributed by atoms with Gasteiger partial charge < -0.3 is 0 Å². The summed E-state index contributed by atoms with van der Waals surface area (Å²) in [5.41, 5.74) is 12.1. The van der Waals surface area contributed by atoms with Crippen LogP contribution in [-0.4, -0.2) is 9.97 Å². The largest absolute Gasteiger partial charge is 0.247 e. The minimum absolute atomic E-state index is 0.507. The first-order chi connectivity index (χ1) is 15.6. The molecule has 1 heterocycles. The first kappa shape index (κ1) is 18.9. The number of hydrogen-bond donors (Lipinski definition) is 0. The Morgan fingerprint density at radius 3 is 2.09 bits per heavy atom. The van der Waals surface area contributed by atoms with Crippen molar-refractivity contribution in [3.8, 4) is 11.3 Å². The van der Waals surface area contributed by atoms with Gasteiger partial charge in [-0.05, 0) is 60.7 Å². The number of fused-ring (bicyclic) bond motifs is 4. The molecule has 154 valence electrons. The van der Waals surface area contributed by atoms with Crippen molar-refractivity contribution < 1.29 is 0 Å². The van der Waals surface area contributed by atoms with E-state index in [-0.39, 0.29) is 0 Å². The zero-order chi connectivity index (χ0) is 21.9. The first-order valence-electron chi connectivity index (χ1n) is 11.1. The fourth-order valence-corrected chi connectivity index (χ4v) is 5.20. The van der Waals surface area contributed by atoms with Gasteiger partial charge in [0.05, 0.1) is 27.8 Å². The van der Waals surface area contributed by atoms with Crippen LogP contribution >= 0.6 is 0 Å². The summed E-state index contributed by atoms with van der Waals surface area (Å²) in [7, 11) is 0. The van der Waals surface area contributed by atoms with E-state index in [4.69, 9.17) is 9.97 Å². The van der Waals surface area contributed by atoms with Crippen LogP contribution in [-0.2, 0) is 5.41 Å². The SMILES string of the molecule is Cc1cccc(C2(c3ccc(C)c(C)c3)c3ccccc3-c3nc4ccccc4nc32)c1. The molecule has 1 aromatic heterocycles. The van der Waals surface area contributed by atoms with Crippen LogP contribution in [0.2, 0.25) is 0 Å². The normalized spacial score (nSPS) is 16.7. The first-order valence-corrected chi connectivity index (χ1v) is 11.1. The average Bonchev–Trinajstić information content (AvgIpc) is 3.10. The number of benzene rings is 4. The van der Waals surface area contributed by atoms with Crippen LogP contribution in [0.3, 0.4) is 0 Å². The Balaban J connectivity index is 1.83. The zero-order valence-corrected chi connectivity index (χ0v) is 18.6. The quantitative estimate of drug-likeness (QED) is 0.308. The van der Waals surface area contributed by atoms with Gasteiger partial charge in [0, 0.05) is 5.56 Å². The third-order valence-corrected chi connectivity index (χ3v) is 6.90. The molecule has 1 atom stereocenters. The third kappa shape index (κ3) is 2.53. The van der Waals surface area contributed by atoms with Gasteiger partial charge in [0.15, 0.2) is 0 Å². The maximum Gasteiger partial charge on any atom is 0.0944 e. The highest BCUT2D eigenvalue weighted by Gasteiger charge is 2.48. The van der Waals surface area contributed by atoms with E-state index in [1.165, 1.54) is 38.9 Å². The van der Waals surface area contributed by atoms with Crippen molar-refractivity contribution in [3.05, 3.63) is 130 Å². The van der Waals surface area contributed by atoms with E-state index < -0.39 is 5.41 Å². The van der Waals surface area contributed by atoms with E-state index in [0.717, 1.165) is 22.4 Å². The van der Waals surface area contributed by atoms with Crippen LogP contribution in [0.4, 0.5) is 0 Å². The summed E-state index contributed by atoms with van der Waals surface area (Å²) >= 11 is 0. The summed E-state index contributed by atoms with van der Waals surface area (Å²) in [4.78, 5) is 10.4. The molecule has 1 aliphatic carbocycles. The molecule has 2 nitrogen and oxygen atoms in total. The van der Waals surface area contributed by atoms with Gasteiger partial charge >= 0.3 is 0 Å². The topological polar surface area (TPSA) is 25.8 Å². The van der Waals surface area contributed by atoms with Gasteiger partial charge in [-0.2, -0.15) is 0 Å². The van der Waals surface area contributed by atoms with Gasteiger partial charge in [0.1, 0.15) is 0 Å². The van der Waals surface area contributed by atoms with Crippen molar-refractivity contribution in [1.82, 2.24) is 9.97 Å². The van der Waals surface area contributed by atoms with E-state index in [9.17, 15) is 0 Å². The summed E-state index contributed by atoms with van der Waals surface area (Å²) in [6.07, 6.45) is 0. The maximum absolute atomic E-state index is 5.30. The maximum atomic E-state index is 5.30. The lowest BCUT2D eigenvalue weighted by atomic mass is 9.69. The lowest BCUT2D eigenvalue weighted by Gasteiger charge is -2.33. The Kier molecular flexibility index (Phi) is 4.06. The lowest BCUT2D eigenvalue weighted by Crippen LogP contribution is -2.30. The Hall–Kier alpha value is -3.78. The van der Waals surface area contributed by atoms with Crippen LogP contribution in [0.1, 0.15) is 39.1 Å². The zero-order valence-electron chi connectivity index (χ0n) is 18.6. The summed E-state index contributed by atoms with van der Waals surface area (Å²) in [6.45, 7) is 6.52. The molecule has 0 radical (unpaired) electrons. The Morgan fingerprint density at radius 1 is 0.594 bits per heavy atom. The van der Waals surface area contributed by atoms with Crippen molar-refractivity contribution >= 4 is 11.0 Å². The van der Waals surface area contributed by atoms with Gasteiger partial charge in [0.2, 0.25) is 0 Å². The second kappa shape index (κ2) is 6.86. The second-order valence-electron chi connectivity index (χ2n) is 8.87. The molecule has 4 aromatic carbocycles. The Bertz CT molecular complexity index is 1520. The molecular formula is C30H24N2. The van der Waals surface area contributed by atoms with E-state index in [0.29, 0.717) is 0 Å². The molecule has 0 amide bonds. The molecule has 1 aliphatic rings. The van der Waals surface area contributed by atoms with Crippen molar-refractivity contribution in [2.24, 2.45) is 0 Å². The van der Waals surface area contributed by atoms with Crippen LogP contribution in [0.5, 0.6) is 0 Å². The molecule has 0 bridgehead atoms. The van der Waals surface area contributed by atoms with Gasteiger partial charge in [-0.1, -0.05) is 84.4 Å². The van der Waals surface area contributed by atoms with Crippen molar-refractivity contribution in [2.45, 2.75) is 26.2 Å². The van der Waals surface area contributed by atoms with Crippen LogP contribution < -0.4 is 0 Å². The van der Waals surface area contributed by atoms with E-state index in [1.807, 2.05) is 18.2 Å². The summed E-state index contributed by atoms with van der Waals surface area (Å²) < 4.78 is 0. The summed E-state index contributed by atoms with van der Waals surface area (Å²) in [5, 5.41) is 0. The molecule has 2 heteroatoms. The van der Waals surface area contributed by atoms with E-state index in [1.54, 1.807) is 0 Å². The lowest BCUT2D eigenvalue weighted by molar-refractivity contribution is 0.737. The summed E-state index contributed by atoms with van der Waals surface area (Å²) in [5.74, 6) is 0. The molecule has 5 aromatic rings. The number of hydrogen-bond acceptors (Lipinski definition) is 2. The second-order valence-corrected chi connectivity index (χ2v) is 8.87. The van der Waals surface area contributed by atoms with Crippen LogP contribution in [0.25, 0.3) is 22.3 Å². The predicted octanol–water partition coefficient (Wildman–Crippen LogP) is 6.92. The van der Waals surface area contributed by atoms with E-state index >= 15 is 0 Å². The Morgan fingerprint density at radius 2 is 1.31 bits per heavy atom. The number of nitrogens with zero attached hydrogens (tertiary/aromatic N) is 2. The van der Waals surface area contributed by atoms with Crippen LogP contribution in [0, 0.1) is 20.8 Å². The molecular weight excluding hydrogens is 388 g/mol. The third-order valence-electron chi connectivity index (χ3n) is 6.90. The molecule has 0 aliphatic heterocycles. The highest BCUT2D eigenvalue weighted by molar-refractivity contribution is 5.87. The fraction of sp³-hybridized carbons (Fsp3) is 0.133. The van der Waals surface area contributed by atoms with Crippen molar-refractivity contribution in [2.75, 3.05) is 0 Å². The highest BCUT2D eigenvalue weighted by atomic mass is 14.9. The molecule has 0 N–H and O–H groups in total. The van der Waals surface area contributed by atoms with Gasteiger partial charge in [-0.3, -0.25) is 0 Å². The molecule has 1 unspecified atom stereocenters. The number of rotatable bonds is 2.